The van der Waals surface area contributed by atoms with E-state index in [1.165, 1.54) is 32.1 Å². The molecule has 0 aliphatic heterocycles. The average Bonchev–Trinajstić information content (AvgIpc) is 2.58. The third-order valence-corrected chi connectivity index (χ3v) is 4.51. The lowest BCUT2D eigenvalue weighted by Gasteiger charge is -2.21. The second kappa shape index (κ2) is 8.56. The van der Waals surface area contributed by atoms with E-state index in [4.69, 9.17) is 4.74 Å². The van der Waals surface area contributed by atoms with Gasteiger partial charge < -0.3 is 15.2 Å². The SMILES string of the molecule is COc1ccc(C(NC(=O)CCC2CCCCC2)C(=O)O)cc1. The van der Waals surface area contributed by atoms with Crippen molar-refractivity contribution < 1.29 is 19.4 Å². The molecule has 0 aromatic heterocycles. The van der Waals surface area contributed by atoms with Gasteiger partial charge in [0, 0.05) is 6.42 Å². The minimum absolute atomic E-state index is 0.196. The average molecular weight is 319 g/mol. The Morgan fingerprint density at radius 2 is 1.87 bits per heavy atom. The fourth-order valence-corrected chi connectivity index (χ4v) is 3.13. The zero-order valence-electron chi connectivity index (χ0n) is 13.6. The number of hydrogen-bond acceptors (Lipinski definition) is 3. The minimum atomic E-state index is -1.05. The molecule has 1 amide bonds. The van der Waals surface area contributed by atoms with Crippen molar-refractivity contribution >= 4 is 11.9 Å². The molecule has 0 saturated heterocycles. The maximum atomic E-state index is 12.1. The lowest BCUT2D eigenvalue weighted by molar-refractivity contribution is -0.142. The summed E-state index contributed by atoms with van der Waals surface area (Å²) in [6.07, 6.45) is 7.40. The molecule has 1 fully saturated rings. The van der Waals surface area contributed by atoms with E-state index in [0.29, 0.717) is 23.7 Å². The molecule has 1 aliphatic carbocycles. The summed E-state index contributed by atoms with van der Waals surface area (Å²) in [5.41, 5.74) is 0.546. The molecule has 1 aliphatic rings. The third kappa shape index (κ3) is 5.27. The second-order valence-electron chi connectivity index (χ2n) is 6.15. The van der Waals surface area contributed by atoms with Crippen LogP contribution in [0.2, 0.25) is 0 Å². The number of carbonyl (C=O) groups excluding carboxylic acids is 1. The lowest BCUT2D eigenvalue weighted by atomic mass is 9.86. The largest absolute Gasteiger partial charge is 0.497 e. The molecule has 0 spiro atoms. The summed E-state index contributed by atoms with van der Waals surface area (Å²) in [7, 11) is 1.55. The summed E-state index contributed by atoms with van der Waals surface area (Å²) in [4.78, 5) is 23.5. The number of carboxylic acid groups (broad SMARTS) is 1. The summed E-state index contributed by atoms with van der Waals surface area (Å²) in [6.45, 7) is 0. The van der Waals surface area contributed by atoms with Gasteiger partial charge in [-0.2, -0.15) is 0 Å². The zero-order chi connectivity index (χ0) is 16.7. The van der Waals surface area contributed by atoms with E-state index < -0.39 is 12.0 Å². The van der Waals surface area contributed by atoms with Gasteiger partial charge in [0.15, 0.2) is 6.04 Å². The Morgan fingerprint density at radius 3 is 2.43 bits per heavy atom. The molecule has 2 rings (SSSR count). The third-order valence-electron chi connectivity index (χ3n) is 4.51. The highest BCUT2D eigenvalue weighted by molar-refractivity contribution is 5.84. The van der Waals surface area contributed by atoms with Gasteiger partial charge in [-0.15, -0.1) is 0 Å². The minimum Gasteiger partial charge on any atom is -0.497 e. The fraction of sp³-hybridized carbons (Fsp3) is 0.556. The van der Waals surface area contributed by atoms with Crippen LogP contribution in [0.1, 0.15) is 56.6 Å². The molecule has 0 radical (unpaired) electrons. The molecule has 1 saturated carbocycles. The standard InChI is InChI=1S/C18H25NO4/c1-23-15-10-8-14(9-11-15)17(18(21)22)19-16(20)12-7-13-5-3-2-4-6-13/h8-11,13,17H,2-7,12H2,1H3,(H,19,20)(H,21,22). The number of ether oxygens (including phenoxy) is 1. The van der Waals surface area contributed by atoms with Gasteiger partial charge in [-0.05, 0) is 30.0 Å². The predicted octanol–water partition coefficient (Wildman–Crippen LogP) is 3.30. The smallest absolute Gasteiger partial charge is 0.330 e. The molecule has 5 nitrogen and oxygen atoms in total. The highest BCUT2D eigenvalue weighted by atomic mass is 16.5. The van der Waals surface area contributed by atoms with Crippen LogP contribution >= 0.6 is 0 Å². The van der Waals surface area contributed by atoms with Crippen LogP contribution in [-0.4, -0.2) is 24.1 Å². The van der Waals surface area contributed by atoms with Crippen LogP contribution in [0.4, 0.5) is 0 Å². The first kappa shape index (κ1) is 17.3. The summed E-state index contributed by atoms with van der Waals surface area (Å²) in [6, 6.07) is 5.71. The van der Waals surface area contributed by atoms with E-state index in [-0.39, 0.29) is 5.91 Å². The van der Waals surface area contributed by atoms with Crippen molar-refractivity contribution in [2.24, 2.45) is 5.92 Å². The van der Waals surface area contributed by atoms with Crippen LogP contribution in [-0.2, 0) is 9.59 Å². The number of hydrogen-bond donors (Lipinski definition) is 2. The maximum Gasteiger partial charge on any atom is 0.330 e. The summed E-state index contributed by atoms with van der Waals surface area (Å²) < 4.78 is 5.06. The van der Waals surface area contributed by atoms with Crippen molar-refractivity contribution in [1.82, 2.24) is 5.32 Å². The maximum absolute atomic E-state index is 12.1. The molecule has 1 atom stereocenters. The van der Waals surface area contributed by atoms with Crippen LogP contribution in [0.5, 0.6) is 5.75 Å². The van der Waals surface area contributed by atoms with Crippen molar-refractivity contribution in [2.45, 2.75) is 51.0 Å². The van der Waals surface area contributed by atoms with E-state index in [9.17, 15) is 14.7 Å². The monoisotopic (exact) mass is 319 g/mol. The Balaban J connectivity index is 1.89. The summed E-state index contributed by atoms with van der Waals surface area (Å²) >= 11 is 0. The Kier molecular flexibility index (Phi) is 6.44. The molecule has 1 aromatic carbocycles. The molecule has 5 heteroatoms. The van der Waals surface area contributed by atoms with Crippen molar-refractivity contribution in [1.29, 1.82) is 0 Å². The predicted molar refractivity (Wildman–Crippen MR) is 87.3 cm³/mol. The summed E-state index contributed by atoms with van der Waals surface area (Å²) in [5.74, 6) is 0.0141. The molecule has 1 unspecified atom stereocenters. The number of carbonyl (C=O) groups is 2. The van der Waals surface area contributed by atoms with E-state index in [2.05, 4.69) is 5.32 Å². The first-order valence-electron chi connectivity index (χ1n) is 8.26. The Hall–Kier alpha value is -2.04. The van der Waals surface area contributed by atoms with Crippen molar-refractivity contribution in [2.75, 3.05) is 7.11 Å². The van der Waals surface area contributed by atoms with Gasteiger partial charge in [-0.25, -0.2) is 4.79 Å². The first-order chi connectivity index (χ1) is 11.1. The molecule has 23 heavy (non-hydrogen) atoms. The van der Waals surface area contributed by atoms with Gasteiger partial charge in [0.2, 0.25) is 5.91 Å². The van der Waals surface area contributed by atoms with Gasteiger partial charge >= 0.3 is 5.97 Å². The van der Waals surface area contributed by atoms with E-state index in [1.54, 1.807) is 31.4 Å². The number of benzene rings is 1. The molecular weight excluding hydrogens is 294 g/mol. The van der Waals surface area contributed by atoms with Gasteiger partial charge in [0.05, 0.1) is 7.11 Å². The molecule has 0 bridgehead atoms. The zero-order valence-corrected chi connectivity index (χ0v) is 13.6. The number of carboxylic acids is 1. The highest BCUT2D eigenvalue weighted by Crippen LogP contribution is 2.27. The Labute approximate surface area is 137 Å². The number of rotatable bonds is 7. The number of aliphatic carboxylic acids is 1. The van der Waals surface area contributed by atoms with Crippen LogP contribution in [0, 0.1) is 5.92 Å². The van der Waals surface area contributed by atoms with Gasteiger partial charge in [-0.3, -0.25) is 4.79 Å². The number of amides is 1. The normalized spacial score (nSPS) is 16.6. The fourth-order valence-electron chi connectivity index (χ4n) is 3.13. The first-order valence-corrected chi connectivity index (χ1v) is 8.26. The number of methoxy groups -OCH3 is 1. The molecule has 2 N–H and O–H groups in total. The second-order valence-corrected chi connectivity index (χ2v) is 6.15. The quantitative estimate of drug-likeness (QED) is 0.808. The van der Waals surface area contributed by atoms with E-state index >= 15 is 0 Å². The Morgan fingerprint density at radius 1 is 1.22 bits per heavy atom. The summed E-state index contributed by atoms with van der Waals surface area (Å²) in [5, 5.41) is 12.0. The van der Waals surface area contributed by atoms with Crippen LogP contribution in [0.25, 0.3) is 0 Å². The number of nitrogens with one attached hydrogen (secondary N) is 1. The van der Waals surface area contributed by atoms with Crippen molar-refractivity contribution in [3.05, 3.63) is 29.8 Å². The molecule has 126 valence electrons. The van der Waals surface area contributed by atoms with Crippen molar-refractivity contribution in [3.8, 4) is 5.75 Å². The van der Waals surface area contributed by atoms with E-state index in [1.807, 2.05) is 0 Å². The molecule has 0 heterocycles. The van der Waals surface area contributed by atoms with Crippen molar-refractivity contribution in [3.63, 3.8) is 0 Å². The Bertz CT molecular complexity index is 520. The van der Waals surface area contributed by atoms with Gasteiger partial charge in [0.25, 0.3) is 0 Å². The lowest BCUT2D eigenvalue weighted by Crippen LogP contribution is -2.33. The molecule has 1 aromatic rings. The van der Waals surface area contributed by atoms with E-state index in [0.717, 1.165) is 6.42 Å². The topological polar surface area (TPSA) is 75.6 Å². The van der Waals surface area contributed by atoms with Crippen LogP contribution in [0.15, 0.2) is 24.3 Å². The van der Waals surface area contributed by atoms with Gasteiger partial charge in [0.1, 0.15) is 5.75 Å². The molecular formula is C18H25NO4. The van der Waals surface area contributed by atoms with Gasteiger partial charge in [-0.1, -0.05) is 44.2 Å². The van der Waals surface area contributed by atoms with Crippen LogP contribution < -0.4 is 10.1 Å². The highest BCUT2D eigenvalue weighted by Gasteiger charge is 2.23. The van der Waals surface area contributed by atoms with Crippen LogP contribution in [0.3, 0.4) is 0 Å².